The van der Waals surface area contributed by atoms with Gasteiger partial charge in [-0.3, -0.25) is 15.2 Å². The number of rotatable bonds is 4. The fraction of sp³-hybridized carbons (Fsp3) is 0.333. The average molecular weight is 249 g/mol. The van der Waals surface area contributed by atoms with E-state index < -0.39 is 4.92 Å². The number of nitrogens with one attached hydrogen (secondary N) is 2. The van der Waals surface area contributed by atoms with Crippen LogP contribution in [0.1, 0.15) is 24.6 Å². The minimum absolute atomic E-state index is 0.151. The molecule has 2 N–H and O–H groups in total. The zero-order valence-electron chi connectivity index (χ0n) is 9.78. The molecule has 18 heavy (non-hydrogen) atoms. The van der Waals surface area contributed by atoms with Crippen molar-refractivity contribution in [2.24, 2.45) is 0 Å². The number of aromatic amines is 1. The molecule has 2 aromatic rings. The molecule has 0 aromatic carbocycles. The third-order valence-corrected chi connectivity index (χ3v) is 2.20. The van der Waals surface area contributed by atoms with Crippen molar-refractivity contribution in [2.45, 2.75) is 19.9 Å². The minimum atomic E-state index is -0.550. The van der Waals surface area contributed by atoms with E-state index in [4.69, 9.17) is 0 Å². The molecule has 0 aliphatic carbocycles. The smallest absolute Gasteiger partial charge is 0.305 e. The fourth-order valence-corrected chi connectivity index (χ4v) is 1.30. The molecule has 0 radical (unpaired) electrons. The predicted molar refractivity (Wildman–Crippen MR) is 61.8 cm³/mol. The van der Waals surface area contributed by atoms with Crippen molar-refractivity contribution >= 4 is 11.6 Å². The summed E-state index contributed by atoms with van der Waals surface area (Å²) in [4.78, 5) is 21.7. The van der Waals surface area contributed by atoms with Crippen molar-refractivity contribution in [3.05, 3.63) is 34.2 Å². The van der Waals surface area contributed by atoms with Crippen LogP contribution in [0, 0.1) is 17.0 Å². The van der Waals surface area contributed by atoms with E-state index in [2.05, 4.69) is 30.5 Å². The molecular weight excluding hydrogens is 238 g/mol. The van der Waals surface area contributed by atoms with Gasteiger partial charge in [0.05, 0.1) is 11.0 Å². The van der Waals surface area contributed by atoms with Gasteiger partial charge in [0.2, 0.25) is 5.95 Å². The van der Waals surface area contributed by atoms with Crippen LogP contribution in [0.4, 0.5) is 11.6 Å². The Morgan fingerprint density at radius 1 is 1.44 bits per heavy atom. The number of aromatic nitrogens is 5. The summed E-state index contributed by atoms with van der Waals surface area (Å²) in [6, 6.07) is -0.198. The van der Waals surface area contributed by atoms with Gasteiger partial charge in [0, 0.05) is 0 Å². The molecule has 9 heteroatoms. The number of nitrogens with zero attached hydrogens (tertiary/aromatic N) is 5. The van der Waals surface area contributed by atoms with E-state index in [1.165, 1.54) is 0 Å². The summed E-state index contributed by atoms with van der Waals surface area (Å²) < 4.78 is 0. The van der Waals surface area contributed by atoms with Gasteiger partial charge >= 0.3 is 5.69 Å². The maximum Gasteiger partial charge on any atom is 0.305 e. The van der Waals surface area contributed by atoms with Crippen LogP contribution < -0.4 is 5.32 Å². The minimum Gasteiger partial charge on any atom is -0.344 e. The summed E-state index contributed by atoms with van der Waals surface area (Å²) in [5.74, 6) is 1.58. The van der Waals surface area contributed by atoms with Gasteiger partial charge < -0.3 is 5.32 Å². The maximum absolute atomic E-state index is 10.4. The maximum atomic E-state index is 10.4. The van der Waals surface area contributed by atoms with E-state index in [0.29, 0.717) is 11.6 Å². The van der Waals surface area contributed by atoms with Crippen LogP contribution in [-0.2, 0) is 0 Å². The summed E-state index contributed by atoms with van der Waals surface area (Å²) in [6.45, 7) is 3.64. The van der Waals surface area contributed by atoms with Gasteiger partial charge in [0.1, 0.15) is 18.2 Å². The average Bonchev–Trinajstić information content (AvgIpc) is 2.76. The lowest BCUT2D eigenvalue weighted by molar-refractivity contribution is -0.385. The van der Waals surface area contributed by atoms with Crippen molar-refractivity contribution < 1.29 is 4.92 Å². The zero-order valence-corrected chi connectivity index (χ0v) is 9.78. The molecule has 2 aromatic heterocycles. The summed E-state index contributed by atoms with van der Waals surface area (Å²) >= 11 is 0. The van der Waals surface area contributed by atoms with Crippen LogP contribution in [0.2, 0.25) is 0 Å². The van der Waals surface area contributed by atoms with E-state index in [9.17, 15) is 10.1 Å². The first-order valence-corrected chi connectivity index (χ1v) is 5.18. The largest absolute Gasteiger partial charge is 0.344 e. The summed E-state index contributed by atoms with van der Waals surface area (Å²) in [7, 11) is 0. The monoisotopic (exact) mass is 249 g/mol. The highest BCUT2D eigenvalue weighted by molar-refractivity contribution is 5.32. The van der Waals surface area contributed by atoms with Crippen LogP contribution in [0.15, 0.2) is 12.4 Å². The normalized spacial score (nSPS) is 12.1. The SMILES string of the molecule is Cc1nc(C(C)Nc2ncc([N+](=O)[O-])cn2)n[nH]1. The van der Waals surface area contributed by atoms with Gasteiger partial charge in [-0.2, -0.15) is 5.10 Å². The highest BCUT2D eigenvalue weighted by Crippen LogP contribution is 2.14. The number of hydrogen-bond acceptors (Lipinski definition) is 7. The second-order valence-electron chi connectivity index (χ2n) is 3.67. The van der Waals surface area contributed by atoms with Gasteiger partial charge in [0.15, 0.2) is 5.82 Å². The molecule has 9 nitrogen and oxygen atoms in total. The van der Waals surface area contributed by atoms with Crippen molar-refractivity contribution in [2.75, 3.05) is 5.32 Å². The zero-order chi connectivity index (χ0) is 13.1. The molecule has 0 aliphatic rings. The molecular formula is C9H11N7O2. The van der Waals surface area contributed by atoms with E-state index in [1.54, 1.807) is 6.92 Å². The Balaban J connectivity index is 2.07. The van der Waals surface area contributed by atoms with Crippen molar-refractivity contribution in [1.82, 2.24) is 25.1 Å². The third kappa shape index (κ3) is 2.56. The molecule has 0 saturated heterocycles. The molecule has 0 amide bonds. The van der Waals surface area contributed by atoms with Crippen LogP contribution in [-0.4, -0.2) is 30.1 Å². The van der Waals surface area contributed by atoms with E-state index in [-0.39, 0.29) is 17.7 Å². The third-order valence-electron chi connectivity index (χ3n) is 2.20. The van der Waals surface area contributed by atoms with Crippen LogP contribution in [0.3, 0.4) is 0 Å². The van der Waals surface area contributed by atoms with Gasteiger partial charge in [-0.25, -0.2) is 15.0 Å². The molecule has 2 heterocycles. The number of aryl methyl sites for hydroxylation is 1. The number of H-pyrrole nitrogens is 1. The first-order chi connectivity index (χ1) is 8.56. The Bertz CT molecular complexity index is 550. The number of anilines is 1. The molecule has 0 bridgehead atoms. The molecule has 1 unspecified atom stereocenters. The predicted octanol–water partition coefficient (Wildman–Crippen LogP) is 0.984. The summed E-state index contributed by atoms with van der Waals surface area (Å²) in [6.07, 6.45) is 2.29. The number of hydrogen-bond donors (Lipinski definition) is 2. The van der Waals surface area contributed by atoms with Crippen molar-refractivity contribution in [3.8, 4) is 0 Å². The lowest BCUT2D eigenvalue weighted by Crippen LogP contribution is -2.11. The topological polar surface area (TPSA) is 123 Å². The molecule has 1 atom stereocenters. The Morgan fingerprint density at radius 3 is 2.61 bits per heavy atom. The Hall–Kier alpha value is -2.58. The van der Waals surface area contributed by atoms with Gasteiger partial charge in [-0.1, -0.05) is 0 Å². The first-order valence-electron chi connectivity index (χ1n) is 5.18. The van der Waals surface area contributed by atoms with Crippen molar-refractivity contribution in [1.29, 1.82) is 0 Å². The van der Waals surface area contributed by atoms with Crippen LogP contribution in [0.5, 0.6) is 0 Å². The van der Waals surface area contributed by atoms with E-state index in [1.807, 2.05) is 6.92 Å². The van der Waals surface area contributed by atoms with E-state index >= 15 is 0 Å². The van der Waals surface area contributed by atoms with Gasteiger partial charge in [0.25, 0.3) is 0 Å². The standard InChI is InChI=1S/C9H11N7O2/c1-5(8-13-6(2)14-15-8)12-9-10-3-7(4-11-9)16(17)18/h3-5H,1-2H3,(H,10,11,12)(H,13,14,15). The Labute approximate surface area is 102 Å². The first kappa shape index (κ1) is 11.9. The molecule has 0 fully saturated rings. The van der Waals surface area contributed by atoms with Gasteiger partial charge in [-0.05, 0) is 13.8 Å². The Morgan fingerprint density at radius 2 is 2.11 bits per heavy atom. The molecule has 0 saturated carbocycles. The van der Waals surface area contributed by atoms with Gasteiger partial charge in [-0.15, -0.1) is 0 Å². The lowest BCUT2D eigenvalue weighted by atomic mass is 10.3. The highest BCUT2D eigenvalue weighted by Gasteiger charge is 2.13. The second-order valence-corrected chi connectivity index (χ2v) is 3.67. The van der Waals surface area contributed by atoms with Crippen molar-refractivity contribution in [3.63, 3.8) is 0 Å². The molecule has 0 spiro atoms. The molecule has 2 rings (SSSR count). The fourth-order valence-electron chi connectivity index (χ4n) is 1.30. The number of nitro groups is 1. The Kier molecular flexibility index (Phi) is 3.13. The van der Waals surface area contributed by atoms with Crippen LogP contribution in [0.25, 0.3) is 0 Å². The second kappa shape index (κ2) is 4.73. The summed E-state index contributed by atoms with van der Waals surface area (Å²) in [5, 5.41) is 20.1. The molecule has 94 valence electrons. The lowest BCUT2D eigenvalue weighted by Gasteiger charge is -2.09. The highest BCUT2D eigenvalue weighted by atomic mass is 16.6. The van der Waals surface area contributed by atoms with E-state index in [0.717, 1.165) is 12.4 Å². The summed E-state index contributed by atoms with van der Waals surface area (Å²) in [5.41, 5.74) is -0.151. The molecule has 0 aliphatic heterocycles. The quantitative estimate of drug-likeness (QED) is 0.611. The van der Waals surface area contributed by atoms with Crippen LogP contribution >= 0.6 is 0 Å².